The topological polar surface area (TPSA) is 85.1 Å². The van der Waals surface area contributed by atoms with Crippen LogP contribution < -0.4 is 11.1 Å². The average Bonchev–Trinajstić information content (AvgIpc) is 2.74. The third kappa shape index (κ3) is 4.27. The number of nitrogens with two attached hydrogens (primary N) is 1. The Morgan fingerprint density at radius 2 is 2.22 bits per heavy atom. The molecule has 1 aromatic rings. The predicted octanol–water partition coefficient (Wildman–Crippen LogP) is 1.05. The number of hydrogen-bond donors (Lipinski definition) is 2. The smallest absolute Gasteiger partial charge is 0.226 e. The van der Waals surface area contributed by atoms with Gasteiger partial charge in [-0.1, -0.05) is 0 Å². The van der Waals surface area contributed by atoms with Gasteiger partial charge in [0.25, 0.3) is 0 Å². The molecule has 3 N–H and O–H groups in total. The van der Waals surface area contributed by atoms with E-state index in [4.69, 9.17) is 17.3 Å². The highest BCUT2D eigenvalue weighted by atomic mass is 35.5. The monoisotopic (exact) mass is 289 g/mol. The fourth-order valence-corrected chi connectivity index (χ4v) is 2.12. The summed E-state index contributed by atoms with van der Waals surface area (Å²) in [7, 11) is 0. The van der Waals surface area contributed by atoms with Crippen molar-refractivity contribution < 1.29 is 9.59 Å². The lowest BCUT2D eigenvalue weighted by Crippen LogP contribution is -2.42. The van der Waals surface area contributed by atoms with E-state index < -0.39 is 11.3 Å². The zero-order valence-electron chi connectivity index (χ0n) is 10.3. The molecular formula is C11H16ClN3O2S. The molecule has 0 radical (unpaired) electrons. The van der Waals surface area contributed by atoms with Crippen LogP contribution >= 0.6 is 22.9 Å². The van der Waals surface area contributed by atoms with Crippen molar-refractivity contribution in [1.82, 2.24) is 10.3 Å². The van der Waals surface area contributed by atoms with Crippen LogP contribution in [0, 0.1) is 5.41 Å². The summed E-state index contributed by atoms with van der Waals surface area (Å²) in [5.41, 5.74) is 5.23. The minimum Gasteiger partial charge on any atom is -0.369 e. The van der Waals surface area contributed by atoms with Crippen LogP contribution in [0.1, 0.15) is 24.5 Å². The largest absolute Gasteiger partial charge is 0.369 e. The molecule has 0 aliphatic heterocycles. The first-order chi connectivity index (χ1) is 8.35. The summed E-state index contributed by atoms with van der Waals surface area (Å²) in [6, 6.07) is 0. The van der Waals surface area contributed by atoms with Gasteiger partial charge in [-0.05, 0) is 13.8 Å². The lowest BCUT2D eigenvalue weighted by atomic mass is 9.93. The van der Waals surface area contributed by atoms with Gasteiger partial charge in [-0.15, -0.1) is 22.9 Å². The Morgan fingerprint density at radius 1 is 1.56 bits per heavy atom. The van der Waals surface area contributed by atoms with Crippen molar-refractivity contribution in [3.05, 3.63) is 16.1 Å². The van der Waals surface area contributed by atoms with Gasteiger partial charge < -0.3 is 11.1 Å². The summed E-state index contributed by atoms with van der Waals surface area (Å²) in [4.78, 5) is 26.9. The molecule has 100 valence electrons. The number of nitrogens with one attached hydrogen (secondary N) is 1. The Labute approximate surface area is 115 Å². The number of amides is 2. The van der Waals surface area contributed by atoms with Crippen LogP contribution in [0.4, 0.5) is 0 Å². The van der Waals surface area contributed by atoms with Crippen molar-refractivity contribution in [1.29, 1.82) is 0 Å². The molecule has 0 fully saturated rings. The van der Waals surface area contributed by atoms with E-state index in [9.17, 15) is 9.59 Å². The minimum atomic E-state index is -0.750. The van der Waals surface area contributed by atoms with Gasteiger partial charge in [-0.2, -0.15) is 0 Å². The van der Waals surface area contributed by atoms with Gasteiger partial charge in [0.2, 0.25) is 11.8 Å². The normalized spacial score (nSPS) is 11.3. The van der Waals surface area contributed by atoms with Gasteiger partial charge in [0.1, 0.15) is 5.01 Å². The van der Waals surface area contributed by atoms with Gasteiger partial charge in [0.15, 0.2) is 0 Å². The van der Waals surface area contributed by atoms with E-state index in [-0.39, 0.29) is 18.9 Å². The molecule has 0 bridgehead atoms. The molecule has 0 aromatic carbocycles. The van der Waals surface area contributed by atoms with Crippen LogP contribution in [0.5, 0.6) is 0 Å². The molecule has 7 heteroatoms. The second-order valence-electron chi connectivity index (χ2n) is 4.57. The fourth-order valence-electron chi connectivity index (χ4n) is 1.10. The fraction of sp³-hybridized carbons (Fsp3) is 0.545. The van der Waals surface area contributed by atoms with Gasteiger partial charge in [-0.3, -0.25) is 9.59 Å². The number of carbonyl (C=O) groups excluding carboxylic acids is 2. The van der Waals surface area contributed by atoms with E-state index in [1.54, 1.807) is 13.8 Å². The van der Waals surface area contributed by atoms with Gasteiger partial charge in [0.05, 0.1) is 23.4 Å². The SMILES string of the molecule is CC(C)(CNC(=O)Cc1nc(CCl)cs1)C(N)=O. The summed E-state index contributed by atoms with van der Waals surface area (Å²) in [5.74, 6) is -0.284. The van der Waals surface area contributed by atoms with Gasteiger partial charge in [-0.25, -0.2) is 4.98 Å². The molecule has 2 amide bonds. The molecule has 0 saturated heterocycles. The quantitative estimate of drug-likeness (QED) is 0.768. The number of primary amides is 1. The van der Waals surface area contributed by atoms with Crippen LogP contribution in [0.3, 0.4) is 0 Å². The average molecular weight is 290 g/mol. The zero-order valence-corrected chi connectivity index (χ0v) is 11.9. The standard InChI is InChI=1S/C11H16ClN3O2S/c1-11(2,10(13)17)6-14-8(16)3-9-15-7(4-12)5-18-9/h5H,3-4,6H2,1-2H3,(H2,13,17)(H,14,16). The number of aromatic nitrogens is 1. The van der Waals surface area contributed by atoms with Crippen molar-refractivity contribution in [2.75, 3.05) is 6.54 Å². The molecule has 0 aliphatic rings. The number of nitrogens with zero attached hydrogens (tertiary/aromatic N) is 1. The van der Waals surface area contributed by atoms with Crippen LogP contribution in [-0.2, 0) is 21.9 Å². The molecule has 0 spiro atoms. The van der Waals surface area contributed by atoms with Crippen LogP contribution in [-0.4, -0.2) is 23.3 Å². The number of rotatable bonds is 6. The lowest BCUT2D eigenvalue weighted by Gasteiger charge is -2.20. The van der Waals surface area contributed by atoms with E-state index in [0.29, 0.717) is 10.9 Å². The number of alkyl halides is 1. The van der Waals surface area contributed by atoms with E-state index in [2.05, 4.69) is 10.3 Å². The maximum absolute atomic E-state index is 11.6. The Morgan fingerprint density at radius 3 is 2.72 bits per heavy atom. The van der Waals surface area contributed by atoms with Gasteiger partial charge in [0, 0.05) is 11.9 Å². The summed E-state index contributed by atoms with van der Waals surface area (Å²) >= 11 is 7.02. The number of halogens is 1. The van der Waals surface area contributed by atoms with Crippen molar-refractivity contribution in [2.45, 2.75) is 26.1 Å². The molecule has 0 atom stereocenters. The minimum absolute atomic E-state index is 0.181. The molecule has 0 aliphatic carbocycles. The van der Waals surface area contributed by atoms with Crippen molar-refractivity contribution in [3.8, 4) is 0 Å². The number of thiazole rings is 1. The lowest BCUT2D eigenvalue weighted by molar-refractivity contribution is -0.126. The van der Waals surface area contributed by atoms with E-state index in [1.165, 1.54) is 11.3 Å². The molecule has 1 aromatic heterocycles. The Bertz CT molecular complexity index is 445. The van der Waals surface area contributed by atoms with E-state index >= 15 is 0 Å². The molecule has 5 nitrogen and oxygen atoms in total. The summed E-state index contributed by atoms with van der Waals surface area (Å²) in [5, 5.41) is 5.20. The molecular weight excluding hydrogens is 274 g/mol. The first-order valence-electron chi connectivity index (χ1n) is 5.41. The number of hydrogen-bond acceptors (Lipinski definition) is 4. The third-order valence-corrected chi connectivity index (χ3v) is 3.61. The van der Waals surface area contributed by atoms with Crippen LogP contribution in [0.25, 0.3) is 0 Å². The maximum Gasteiger partial charge on any atom is 0.226 e. The Balaban J connectivity index is 2.45. The molecule has 18 heavy (non-hydrogen) atoms. The second-order valence-corrected chi connectivity index (χ2v) is 5.78. The van der Waals surface area contributed by atoms with E-state index in [1.807, 2.05) is 5.38 Å². The summed E-state index contributed by atoms with van der Waals surface area (Å²) in [6.07, 6.45) is 0.191. The van der Waals surface area contributed by atoms with Crippen molar-refractivity contribution in [3.63, 3.8) is 0 Å². The highest BCUT2D eigenvalue weighted by molar-refractivity contribution is 7.09. The highest BCUT2D eigenvalue weighted by Gasteiger charge is 2.25. The molecule has 0 unspecified atom stereocenters. The highest BCUT2D eigenvalue weighted by Crippen LogP contribution is 2.14. The second kappa shape index (κ2) is 6.15. The summed E-state index contributed by atoms with van der Waals surface area (Å²) < 4.78 is 0. The Hall–Kier alpha value is -1.14. The zero-order chi connectivity index (χ0) is 13.8. The molecule has 1 rings (SSSR count). The number of carbonyl (C=O) groups is 2. The third-order valence-electron chi connectivity index (χ3n) is 2.44. The van der Waals surface area contributed by atoms with Crippen LogP contribution in [0.2, 0.25) is 0 Å². The maximum atomic E-state index is 11.6. The van der Waals surface area contributed by atoms with Crippen molar-refractivity contribution in [2.24, 2.45) is 11.1 Å². The van der Waals surface area contributed by atoms with Crippen LogP contribution in [0.15, 0.2) is 5.38 Å². The van der Waals surface area contributed by atoms with E-state index in [0.717, 1.165) is 5.69 Å². The first kappa shape index (κ1) is 14.9. The first-order valence-corrected chi connectivity index (χ1v) is 6.82. The molecule has 1 heterocycles. The van der Waals surface area contributed by atoms with Gasteiger partial charge >= 0.3 is 0 Å². The summed E-state index contributed by atoms with van der Waals surface area (Å²) in [6.45, 7) is 3.59. The predicted molar refractivity (Wildman–Crippen MR) is 71.4 cm³/mol. The van der Waals surface area contributed by atoms with Crippen molar-refractivity contribution >= 4 is 34.8 Å². The Kier molecular flexibility index (Phi) is 5.10. The molecule has 0 saturated carbocycles.